The van der Waals surface area contributed by atoms with Crippen molar-refractivity contribution in [2.45, 2.75) is 26.3 Å². The van der Waals surface area contributed by atoms with Crippen LogP contribution in [-0.2, 0) is 4.79 Å². The van der Waals surface area contributed by atoms with Crippen molar-refractivity contribution in [2.24, 2.45) is 0 Å². The minimum absolute atomic E-state index is 0.523. The van der Waals surface area contributed by atoms with Gasteiger partial charge < -0.3 is 4.79 Å². The van der Waals surface area contributed by atoms with Gasteiger partial charge in [-0.2, -0.15) is 0 Å². The quantitative estimate of drug-likeness (QED) is 0.526. The van der Waals surface area contributed by atoms with E-state index in [1.165, 1.54) is 0 Å². The highest BCUT2D eigenvalue weighted by Crippen LogP contribution is 1.96. The van der Waals surface area contributed by atoms with Crippen LogP contribution in [0.2, 0.25) is 0 Å². The summed E-state index contributed by atoms with van der Waals surface area (Å²) >= 11 is 0. The van der Waals surface area contributed by atoms with Crippen LogP contribution in [0.5, 0.6) is 0 Å². The van der Waals surface area contributed by atoms with Crippen molar-refractivity contribution >= 4 is 6.29 Å². The Hall–Kier alpha value is -0.370. The van der Waals surface area contributed by atoms with E-state index in [2.05, 4.69) is 13.8 Å². The van der Waals surface area contributed by atoms with E-state index >= 15 is 0 Å². The first-order chi connectivity index (χ1) is 4.22. The molecule has 0 N–H and O–H groups in total. The van der Waals surface area contributed by atoms with Gasteiger partial charge in [-0.3, -0.25) is 4.90 Å². The fourth-order valence-electron chi connectivity index (χ4n) is 0.609. The maximum absolute atomic E-state index is 9.99. The minimum Gasteiger partial charge on any atom is -0.302 e. The highest BCUT2D eigenvalue weighted by atomic mass is 16.1. The highest BCUT2D eigenvalue weighted by Gasteiger charge is 2.03. The Morgan fingerprint density at radius 2 is 2.22 bits per heavy atom. The minimum atomic E-state index is 0.523. The summed E-state index contributed by atoms with van der Waals surface area (Å²) in [6.45, 7) is 4.78. The van der Waals surface area contributed by atoms with Gasteiger partial charge in [-0.25, -0.2) is 0 Å². The Morgan fingerprint density at radius 3 is 2.56 bits per heavy atom. The first-order valence-electron chi connectivity index (χ1n) is 3.36. The number of nitrogens with zero attached hydrogens (tertiary/aromatic N) is 1. The molecule has 0 saturated carbocycles. The molecule has 9 heavy (non-hydrogen) atoms. The van der Waals surface area contributed by atoms with E-state index in [-0.39, 0.29) is 0 Å². The summed E-state index contributed by atoms with van der Waals surface area (Å²) in [5.74, 6) is 0. The summed E-state index contributed by atoms with van der Waals surface area (Å²) in [6.07, 6.45) is 2.04. The molecule has 0 rings (SSSR count). The zero-order valence-electron chi connectivity index (χ0n) is 6.42. The van der Waals surface area contributed by atoms with Crippen molar-refractivity contribution in [1.82, 2.24) is 4.90 Å². The number of hydrogen-bond acceptors (Lipinski definition) is 2. The number of carbonyl (C=O) groups is 1. The zero-order valence-corrected chi connectivity index (χ0v) is 6.42. The smallest absolute Gasteiger partial charge is 0.133 e. The maximum Gasteiger partial charge on any atom is 0.133 e. The van der Waals surface area contributed by atoms with E-state index in [1.807, 2.05) is 11.9 Å². The standard InChI is InChI=1S/C7H15NO/c1-4-7(2)8(3)5-6-9/h6-7H,4-5H2,1-3H3. The molecule has 0 fully saturated rings. The first kappa shape index (κ1) is 8.63. The number of hydrogen-bond donors (Lipinski definition) is 0. The van der Waals surface area contributed by atoms with Crippen LogP contribution in [0.1, 0.15) is 20.3 Å². The van der Waals surface area contributed by atoms with E-state index in [0.29, 0.717) is 12.6 Å². The normalized spacial score (nSPS) is 13.8. The second-order valence-corrected chi connectivity index (χ2v) is 2.36. The topological polar surface area (TPSA) is 20.3 Å². The molecular weight excluding hydrogens is 114 g/mol. The molecule has 1 atom stereocenters. The molecule has 0 bridgehead atoms. The number of rotatable bonds is 4. The van der Waals surface area contributed by atoms with Gasteiger partial charge >= 0.3 is 0 Å². The van der Waals surface area contributed by atoms with E-state index in [9.17, 15) is 4.79 Å². The van der Waals surface area contributed by atoms with Crippen LogP contribution in [-0.4, -0.2) is 30.8 Å². The van der Waals surface area contributed by atoms with Gasteiger partial charge in [-0.05, 0) is 20.4 Å². The van der Waals surface area contributed by atoms with Gasteiger partial charge in [-0.1, -0.05) is 6.92 Å². The summed E-state index contributed by atoms with van der Waals surface area (Å²) in [5, 5.41) is 0. The van der Waals surface area contributed by atoms with E-state index < -0.39 is 0 Å². The summed E-state index contributed by atoms with van der Waals surface area (Å²) in [6, 6.07) is 0.523. The zero-order chi connectivity index (χ0) is 7.28. The average molecular weight is 129 g/mol. The molecule has 0 amide bonds. The molecule has 0 spiro atoms. The fraction of sp³-hybridized carbons (Fsp3) is 0.857. The molecular formula is C7H15NO. The van der Waals surface area contributed by atoms with Crippen LogP contribution in [0, 0.1) is 0 Å². The van der Waals surface area contributed by atoms with Gasteiger partial charge in [0.25, 0.3) is 0 Å². The Balaban J connectivity index is 3.44. The molecule has 54 valence electrons. The van der Waals surface area contributed by atoms with Gasteiger partial charge in [0.1, 0.15) is 6.29 Å². The highest BCUT2D eigenvalue weighted by molar-refractivity contribution is 5.51. The predicted molar refractivity (Wildman–Crippen MR) is 38.4 cm³/mol. The summed E-state index contributed by atoms with van der Waals surface area (Å²) < 4.78 is 0. The van der Waals surface area contributed by atoms with Gasteiger partial charge in [0.05, 0.1) is 6.54 Å². The van der Waals surface area contributed by atoms with Crippen LogP contribution in [0.3, 0.4) is 0 Å². The molecule has 2 nitrogen and oxygen atoms in total. The first-order valence-corrected chi connectivity index (χ1v) is 3.36. The largest absolute Gasteiger partial charge is 0.302 e. The van der Waals surface area contributed by atoms with Crippen molar-refractivity contribution in [3.05, 3.63) is 0 Å². The van der Waals surface area contributed by atoms with Crippen molar-refractivity contribution in [2.75, 3.05) is 13.6 Å². The number of aldehydes is 1. The molecule has 0 saturated heterocycles. The summed E-state index contributed by atoms with van der Waals surface area (Å²) in [7, 11) is 1.96. The van der Waals surface area contributed by atoms with Gasteiger partial charge in [-0.15, -0.1) is 0 Å². The molecule has 0 aromatic rings. The lowest BCUT2D eigenvalue weighted by Gasteiger charge is -2.19. The van der Waals surface area contributed by atoms with Crippen LogP contribution in [0.25, 0.3) is 0 Å². The average Bonchev–Trinajstić information content (AvgIpc) is 1.87. The third-order valence-electron chi connectivity index (χ3n) is 1.71. The third kappa shape index (κ3) is 3.25. The Morgan fingerprint density at radius 1 is 1.67 bits per heavy atom. The molecule has 0 aliphatic rings. The molecule has 2 heteroatoms. The van der Waals surface area contributed by atoms with Gasteiger partial charge in [0, 0.05) is 6.04 Å². The molecule has 0 aliphatic carbocycles. The predicted octanol–water partition coefficient (Wildman–Crippen LogP) is 0.916. The second kappa shape index (κ2) is 4.50. The molecule has 0 aromatic carbocycles. The van der Waals surface area contributed by atoms with Crippen LogP contribution in [0.15, 0.2) is 0 Å². The van der Waals surface area contributed by atoms with E-state index in [4.69, 9.17) is 0 Å². The summed E-state index contributed by atoms with van der Waals surface area (Å²) in [4.78, 5) is 12.0. The maximum atomic E-state index is 9.99. The van der Waals surface area contributed by atoms with Crippen LogP contribution in [0.4, 0.5) is 0 Å². The van der Waals surface area contributed by atoms with E-state index in [0.717, 1.165) is 12.7 Å². The third-order valence-corrected chi connectivity index (χ3v) is 1.71. The second-order valence-electron chi connectivity index (χ2n) is 2.36. The van der Waals surface area contributed by atoms with Crippen molar-refractivity contribution in [3.8, 4) is 0 Å². The lowest BCUT2D eigenvalue weighted by Crippen LogP contribution is -2.29. The lowest BCUT2D eigenvalue weighted by atomic mass is 10.2. The lowest BCUT2D eigenvalue weighted by molar-refractivity contribution is -0.109. The van der Waals surface area contributed by atoms with Gasteiger partial charge in [0.2, 0.25) is 0 Å². The molecule has 1 unspecified atom stereocenters. The van der Waals surface area contributed by atoms with Crippen LogP contribution >= 0.6 is 0 Å². The van der Waals surface area contributed by atoms with Crippen LogP contribution < -0.4 is 0 Å². The Labute approximate surface area is 56.9 Å². The van der Waals surface area contributed by atoms with Crippen molar-refractivity contribution in [3.63, 3.8) is 0 Å². The number of carbonyl (C=O) groups excluding carboxylic acids is 1. The molecule has 0 aromatic heterocycles. The molecule has 0 aliphatic heterocycles. The Kier molecular flexibility index (Phi) is 4.32. The summed E-state index contributed by atoms with van der Waals surface area (Å²) in [5.41, 5.74) is 0. The van der Waals surface area contributed by atoms with E-state index in [1.54, 1.807) is 0 Å². The fourth-order valence-corrected chi connectivity index (χ4v) is 0.609. The number of likely N-dealkylation sites (N-methyl/N-ethyl adjacent to an activating group) is 1. The Bertz CT molecular complexity index is 83.0. The monoisotopic (exact) mass is 129 g/mol. The molecule has 0 heterocycles. The molecule has 0 radical (unpaired) electrons. The van der Waals surface area contributed by atoms with Gasteiger partial charge in [0.15, 0.2) is 0 Å². The SMILES string of the molecule is CCC(C)N(C)CC=O. The van der Waals surface area contributed by atoms with Crippen molar-refractivity contribution in [1.29, 1.82) is 0 Å². The van der Waals surface area contributed by atoms with Crippen molar-refractivity contribution < 1.29 is 4.79 Å².